The van der Waals surface area contributed by atoms with Crippen molar-refractivity contribution in [1.82, 2.24) is 5.32 Å². The molecule has 0 heterocycles. The first-order valence-corrected chi connectivity index (χ1v) is 7.60. The SMILES string of the molecule is Cc1cc(NC(=O)NC(=O)c2c(F)cccc2F)c(C(C)C)cc1O. The minimum atomic E-state index is -1.19. The highest BCUT2D eigenvalue weighted by Crippen LogP contribution is 2.31. The Morgan fingerprint density at radius 1 is 1.12 bits per heavy atom. The lowest BCUT2D eigenvalue weighted by molar-refractivity contribution is 0.0959. The first-order valence-electron chi connectivity index (χ1n) is 7.60. The van der Waals surface area contributed by atoms with Gasteiger partial charge in [-0.25, -0.2) is 13.6 Å². The molecule has 0 aliphatic rings. The van der Waals surface area contributed by atoms with Crippen LogP contribution in [-0.2, 0) is 0 Å². The summed E-state index contributed by atoms with van der Waals surface area (Å²) < 4.78 is 27.2. The van der Waals surface area contributed by atoms with Gasteiger partial charge >= 0.3 is 6.03 Å². The molecule has 0 fully saturated rings. The second-order valence-corrected chi connectivity index (χ2v) is 5.89. The Hall–Kier alpha value is -2.96. The molecule has 0 saturated carbocycles. The van der Waals surface area contributed by atoms with Gasteiger partial charge in [0.25, 0.3) is 5.91 Å². The minimum absolute atomic E-state index is 0.0125. The van der Waals surface area contributed by atoms with Gasteiger partial charge in [-0.3, -0.25) is 10.1 Å². The van der Waals surface area contributed by atoms with E-state index < -0.39 is 29.1 Å². The van der Waals surface area contributed by atoms with Crippen molar-refractivity contribution in [2.45, 2.75) is 26.7 Å². The van der Waals surface area contributed by atoms with Crippen molar-refractivity contribution >= 4 is 17.6 Å². The Balaban J connectivity index is 2.21. The number of nitrogens with one attached hydrogen (secondary N) is 2. The van der Waals surface area contributed by atoms with Crippen LogP contribution in [0.2, 0.25) is 0 Å². The number of urea groups is 1. The second-order valence-electron chi connectivity index (χ2n) is 5.89. The number of hydrogen-bond acceptors (Lipinski definition) is 3. The molecule has 2 aromatic carbocycles. The number of rotatable bonds is 3. The van der Waals surface area contributed by atoms with E-state index in [2.05, 4.69) is 5.32 Å². The number of benzene rings is 2. The Morgan fingerprint density at radius 2 is 1.72 bits per heavy atom. The highest BCUT2D eigenvalue weighted by atomic mass is 19.1. The summed E-state index contributed by atoms with van der Waals surface area (Å²) in [6.45, 7) is 5.39. The summed E-state index contributed by atoms with van der Waals surface area (Å²) in [7, 11) is 0. The molecule has 0 unspecified atom stereocenters. The number of hydrogen-bond donors (Lipinski definition) is 3. The molecular weight excluding hydrogens is 330 g/mol. The summed E-state index contributed by atoms with van der Waals surface area (Å²) in [5, 5.41) is 14.2. The number of imide groups is 1. The molecule has 3 N–H and O–H groups in total. The van der Waals surface area contributed by atoms with Gasteiger partial charge in [-0.1, -0.05) is 19.9 Å². The van der Waals surface area contributed by atoms with Crippen LogP contribution in [0, 0.1) is 18.6 Å². The minimum Gasteiger partial charge on any atom is -0.508 e. The lowest BCUT2D eigenvalue weighted by atomic mass is 9.98. The van der Waals surface area contributed by atoms with Crippen LogP contribution in [0.3, 0.4) is 0 Å². The van der Waals surface area contributed by atoms with Crippen LogP contribution in [0.25, 0.3) is 0 Å². The molecule has 5 nitrogen and oxygen atoms in total. The number of phenols is 1. The first-order chi connectivity index (χ1) is 11.7. The maximum absolute atomic E-state index is 13.6. The Labute approximate surface area is 143 Å². The Bertz CT molecular complexity index is 815. The molecule has 0 spiro atoms. The van der Waals surface area contributed by atoms with Gasteiger partial charge < -0.3 is 10.4 Å². The lowest BCUT2D eigenvalue weighted by Gasteiger charge is -2.16. The van der Waals surface area contributed by atoms with Crippen molar-refractivity contribution in [1.29, 1.82) is 0 Å². The number of aryl methyl sites for hydroxylation is 1. The van der Waals surface area contributed by atoms with E-state index in [1.165, 1.54) is 6.07 Å². The van der Waals surface area contributed by atoms with Crippen LogP contribution >= 0.6 is 0 Å². The maximum Gasteiger partial charge on any atom is 0.326 e. The molecule has 0 aliphatic carbocycles. The van der Waals surface area contributed by atoms with E-state index in [0.29, 0.717) is 16.8 Å². The molecule has 132 valence electrons. The van der Waals surface area contributed by atoms with E-state index in [-0.39, 0.29) is 11.7 Å². The van der Waals surface area contributed by atoms with E-state index in [4.69, 9.17) is 0 Å². The van der Waals surface area contributed by atoms with E-state index >= 15 is 0 Å². The van der Waals surface area contributed by atoms with Gasteiger partial charge in [-0.2, -0.15) is 0 Å². The van der Waals surface area contributed by atoms with Crippen molar-refractivity contribution in [3.8, 4) is 5.75 Å². The van der Waals surface area contributed by atoms with Gasteiger partial charge in [0.05, 0.1) is 0 Å². The van der Waals surface area contributed by atoms with Crippen molar-refractivity contribution < 1.29 is 23.5 Å². The highest BCUT2D eigenvalue weighted by molar-refractivity contribution is 6.08. The first kappa shape index (κ1) is 18.4. The number of phenolic OH excluding ortho intramolecular Hbond substituents is 1. The molecule has 2 rings (SSSR count). The van der Waals surface area contributed by atoms with Crippen LogP contribution in [0.15, 0.2) is 30.3 Å². The van der Waals surface area contributed by atoms with Gasteiger partial charge in [0.15, 0.2) is 0 Å². The molecule has 0 saturated heterocycles. The number of carbonyl (C=O) groups excluding carboxylic acids is 2. The predicted molar refractivity (Wildman–Crippen MR) is 89.8 cm³/mol. The largest absolute Gasteiger partial charge is 0.508 e. The highest BCUT2D eigenvalue weighted by Gasteiger charge is 2.20. The van der Waals surface area contributed by atoms with Crippen molar-refractivity contribution in [2.75, 3.05) is 5.32 Å². The zero-order chi connectivity index (χ0) is 18.7. The summed E-state index contributed by atoms with van der Waals surface area (Å²) in [6.07, 6.45) is 0. The number of halogens is 2. The lowest BCUT2D eigenvalue weighted by Crippen LogP contribution is -2.35. The fourth-order valence-corrected chi connectivity index (χ4v) is 2.33. The molecule has 0 radical (unpaired) electrons. The van der Waals surface area contributed by atoms with Crippen LogP contribution in [0.4, 0.5) is 19.3 Å². The number of anilines is 1. The molecule has 25 heavy (non-hydrogen) atoms. The van der Waals surface area contributed by atoms with E-state index in [0.717, 1.165) is 18.2 Å². The van der Waals surface area contributed by atoms with Crippen LogP contribution in [0.5, 0.6) is 5.75 Å². The molecule has 0 aromatic heterocycles. The van der Waals surface area contributed by atoms with Gasteiger partial charge in [-0.05, 0) is 48.2 Å². The van der Waals surface area contributed by atoms with Crippen LogP contribution in [-0.4, -0.2) is 17.0 Å². The van der Waals surface area contributed by atoms with Crippen molar-refractivity contribution in [3.63, 3.8) is 0 Å². The zero-order valence-electron chi connectivity index (χ0n) is 14.0. The predicted octanol–water partition coefficient (Wildman–Crippen LogP) is 4.06. The topological polar surface area (TPSA) is 78.4 Å². The van der Waals surface area contributed by atoms with E-state index in [1.807, 2.05) is 19.2 Å². The summed E-state index contributed by atoms with van der Waals surface area (Å²) in [5.41, 5.74) is 0.752. The van der Waals surface area contributed by atoms with Gasteiger partial charge in [0, 0.05) is 5.69 Å². The normalized spacial score (nSPS) is 10.6. The molecule has 7 heteroatoms. The number of amides is 3. The maximum atomic E-state index is 13.6. The molecule has 2 aromatic rings. The zero-order valence-corrected chi connectivity index (χ0v) is 14.0. The van der Waals surface area contributed by atoms with Crippen molar-refractivity contribution in [2.24, 2.45) is 0 Å². The average Bonchev–Trinajstić information content (AvgIpc) is 2.50. The summed E-state index contributed by atoms with van der Waals surface area (Å²) in [5.74, 6) is -3.24. The average molecular weight is 348 g/mol. The summed E-state index contributed by atoms with van der Waals surface area (Å²) in [6, 6.07) is 5.12. The Kier molecular flexibility index (Phi) is 5.36. The number of carbonyl (C=O) groups is 2. The molecule has 3 amide bonds. The van der Waals surface area contributed by atoms with Crippen LogP contribution < -0.4 is 10.6 Å². The standard InChI is InChI=1S/C18H18F2N2O3/c1-9(2)11-8-15(23)10(3)7-14(11)21-18(25)22-17(24)16-12(19)5-4-6-13(16)20/h4-9,23H,1-3H3,(H2,21,22,24,25). The number of aromatic hydroxyl groups is 1. The third-order valence-corrected chi connectivity index (χ3v) is 3.66. The molecule has 0 atom stereocenters. The van der Waals surface area contributed by atoms with Gasteiger partial charge in [0.2, 0.25) is 0 Å². The quantitative estimate of drug-likeness (QED) is 0.732. The van der Waals surface area contributed by atoms with Gasteiger partial charge in [0.1, 0.15) is 22.9 Å². The second kappa shape index (κ2) is 7.29. The third-order valence-electron chi connectivity index (χ3n) is 3.66. The van der Waals surface area contributed by atoms with Gasteiger partial charge in [-0.15, -0.1) is 0 Å². The molecule has 0 bridgehead atoms. The fraction of sp³-hybridized carbons (Fsp3) is 0.222. The monoisotopic (exact) mass is 348 g/mol. The smallest absolute Gasteiger partial charge is 0.326 e. The fourth-order valence-electron chi connectivity index (χ4n) is 2.33. The molecular formula is C18H18F2N2O3. The molecule has 0 aliphatic heterocycles. The third kappa shape index (κ3) is 4.12. The van der Waals surface area contributed by atoms with Crippen molar-refractivity contribution in [3.05, 3.63) is 58.7 Å². The Morgan fingerprint density at radius 3 is 2.28 bits per heavy atom. The van der Waals surface area contributed by atoms with E-state index in [1.54, 1.807) is 13.0 Å². The van der Waals surface area contributed by atoms with E-state index in [9.17, 15) is 23.5 Å². The summed E-state index contributed by atoms with van der Waals surface area (Å²) >= 11 is 0. The van der Waals surface area contributed by atoms with Crippen LogP contribution in [0.1, 0.15) is 41.3 Å². The summed E-state index contributed by atoms with van der Waals surface area (Å²) in [4.78, 5) is 24.0.